The number of hydrogen-bond donors (Lipinski definition) is 1. The molecule has 3 heterocycles. The quantitative estimate of drug-likeness (QED) is 0.233. The lowest BCUT2D eigenvalue weighted by Crippen LogP contribution is -2.34. The second kappa shape index (κ2) is 12.0. The van der Waals surface area contributed by atoms with Crippen molar-refractivity contribution < 1.29 is 19.4 Å². The minimum Gasteiger partial charge on any atom is -0.493 e. The van der Waals surface area contributed by atoms with Crippen molar-refractivity contribution in [1.29, 1.82) is 0 Å². The molecule has 2 aromatic carbocycles. The highest BCUT2D eigenvalue weighted by Gasteiger charge is 2.27. The summed E-state index contributed by atoms with van der Waals surface area (Å²) in [5, 5.41) is 20.2. The molecule has 0 bridgehead atoms. The number of aromatic nitrogens is 2. The maximum Gasteiger partial charge on any atom is 0.269 e. The van der Waals surface area contributed by atoms with Crippen LogP contribution in [0.4, 0.5) is 5.69 Å². The van der Waals surface area contributed by atoms with E-state index in [9.17, 15) is 9.90 Å². The van der Waals surface area contributed by atoms with Gasteiger partial charge in [0.15, 0.2) is 17.2 Å². The third kappa shape index (κ3) is 5.81. The molecule has 0 spiro atoms. The summed E-state index contributed by atoms with van der Waals surface area (Å²) in [5.74, 6) is 0.650. The second-order valence-corrected chi connectivity index (χ2v) is 10.4. The molecule has 1 atom stereocenters. The van der Waals surface area contributed by atoms with Crippen LogP contribution < -0.4 is 9.47 Å². The van der Waals surface area contributed by atoms with Crippen molar-refractivity contribution in [3.8, 4) is 17.4 Å². The number of rotatable bonds is 8. The van der Waals surface area contributed by atoms with Gasteiger partial charge in [-0.3, -0.25) is 19.2 Å². The van der Waals surface area contributed by atoms with Crippen LogP contribution in [0.25, 0.3) is 10.9 Å². The van der Waals surface area contributed by atoms with Crippen LogP contribution in [-0.2, 0) is 17.9 Å². The van der Waals surface area contributed by atoms with Gasteiger partial charge in [-0.2, -0.15) is 0 Å². The molecule has 1 saturated heterocycles. The van der Waals surface area contributed by atoms with Gasteiger partial charge in [0, 0.05) is 34.8 Å². The van der Waals surface area contributed by atoms with Gasteiger partial charge in [-0.05, 0) is 60.4 Å². The minimum atomic E-state index is -0.440. The van der Waals surface area contributed by atoms with E-state index < -0.39 is 5.91 Å². The summed E-state index contributed by atoms with van der Waals surface area (Å²) in [6.45, 7) is 1.37. The van der Waals surface area contributed by atoms with E-state index in [-0.39, 0.29) is 24.0 Å². The number of pyridine rings is 1. The number of ether oxygens (including phenoxy) is 2. The highest BCUT2D eigenvalue weighted by Crippen LogP contribution is 2.41. The standard InChI is InChI=1S/C29H30BrN5O4/c1-38-25-11-8-19(14-26(25)39-2)15-27(36)32-33-28-22-16-21(30)9-10-24(22)35(29(28)37)18-34-13-4-3-7-23(34)20-6-5-12-31-17-20/h5-6,8-12,14,16-17,23,37H,3-4,7,13,15,18H2,1-2H3/t23-/m0/s1. The Morgan fingerprint density at radius 2 is 1.97 bits per heavy atom. The van der Waals surface area contributed by atoms with Crippen LogP contribution in [0.15, 0.2) is 75.6 Å². The summed E-state index contributed by atoms with van der Waals surface area (Å²) >= 11 is 3.52. The van der Waals surface area contributed by atoms with Gasteiger partial charge < -0.3 is 14.6 Å². The molecule has 2 aromatic heterocycles. The number of carbonyl (C=O) groups excluding carboxylic acids is 1. The molecule has 0 saturated carbocycles. The van der Waals surface area contributed by atoms with Gasteiger partial charge in [-0.15, -0.1) is 10.2 Å². The van der Waals surface area contributed by atoms with Crippen LogP contribution in [0.5, 0.6) is 17.4 Å². The van der Waals surface area contributed by atoms with Crippen molar-refractivity contribution >= 4 is 38.4 Å². The third-order valence-electron chi connectivity index (χ3n) is 7.04. The molecule has 0 radical (unpaired) electrons. The van der Waals surface area contributed by atoms with E-state index in [2.05, 4.69) is 42.1 Å². The number of aromatic hydroxyl groups is 1. The largest absolute Gasteiger partial charge is 0.493 e. The molecule has 0 unspecified atom stereocenters. The first-order chi connectivity index (χ1) is 19.0. The summed E-state index contributed by atoms with van der Waals surface area (Å²) in [6.07, 6.45) is 6.98. The third-order valence-corrected chi connectivity index (χ3v) is 7.54. The molecular formula is C29H30BrN5O4. The molecule has 1 N–H and O–H groups in total. The van der Waals surface area contributed by atoms with Crippen LogP contribution in [0.3, 0.4) is 0 Å². The molecule has 39 heavy (non-hydrogen) atoms. The van der Waals surface area contributed by atoms with Crippen molar-refractivity contribution in [2.24, 2.45) is 10.2 Å². The number of nitrogens with zero attached hydrogens (tertiary/aromatic N) is 5. The first kappa shape index (κ1) is 26.8. The zero-order valence-electron chi connectivity index (χ0n) is 21.9. The van der Waals surface area contributed by atoms with Crippen LogP contribution in [-0.4, -0.2) is 46.2 Å². The van der Waals surface area contributed by atoms with Crippen molar-refractivity contribution in [1.82, 2.24) is 14.5 Å². The maximum atomic E-state index is 12.7. The van der Waals surface area contributed by atoms with Gasteiger partial charge in [0.1, 0.15) is 0 Å². The summed E-state index contributed by atoms with van der Waals surface area (Å²) in [7, 11) is 3.10. The van der Waals surface area contributed by atoms with Crippen molar-refractivity contribution in [3.63, 3.8) is 0 Å². The normalized spacial score (nSPS) is 16.1. The molecule has 5 rings (SSSR count). The average Bonchev–Trinajstić information content (AvgIpc) is 3.21. The van der Waals surface area contributed by atoms with Crippen LogP contribution in [0.2, 0.25) is 0 Å². The Bertz CT molecular complexity index is 1500. The van der Waals surface area contributed by atoms with Gasteiger partial charge in [0.05, 0.1) is 32.8 Å². The fraction of sp³-hybridized carbons (Fsp3) is 0.310. The minimum absolute atomic E-state index is 0.0266. The molecule has 202 valence electrons. The van der Waals surface area contributed by atoms with Crippen LogP contribution in [0, 0.1) is 0 Å². The van der Waals surface area contributed by atoms with Crippen molar-refractivity contribution in [3.05, 3.63) is 76.5 Å². The predicted octanol–water partition coefficient (Wildman–Crippen LogP) is 6.56. The average molecular weight is 592 g/mol. The lowest BCUT2D eigenvalue weighted by Gasteiger charge is -2.36. The predicted molar refractivity (Wildman–Crippen MR) is 152 cm³/mol. The Labute approximate surface area is 235 Å². The van der Waals surface area contributed by atoms with E-state index in [0.29, 0.717) is 23.6 Å². The van der Waals surface area contributed by atoms with Crippen LogP contribution in [0.1, 0.15) is 36.4 Å². The van der Waals surface area contributed by atoms with Gasteiger partial charge in [-0.25, -0.2) is 0 Å². The van der Waals surface area contributed by atoms with Crippen molar-refractivity contribution in [2.75, 3.05) is 20.8 Å². The molecule has 10 heteroatoms. The van der Waals surface area contributed by atoms with Gasteiger partial charge in [0.2, 0.25) is 5.88 Å². The molecule has 1 aliphatic rings. The van der Waals surface area contributed by atoms with E-state index in [0.717, 1.165) is 46.9 Å². The number of carbonyl (C=O) groups is 1. The Hall–Kier alpha value is -3.76. The number of likely N-dealkylation sites (tertiary alicyclic amines) is 1. The molecular weight excluding hydrogens is 562 g/mol. The van der Waals surface area contributed by atoms with E-state index >= 15 is 0 Å². The number of amides is 1. The fourth-order valence-electron chi connectivity index (χ4n) is 5.14. The zero-order valence-corrected chi connectivity index (χ0v) is 23.5. The van der Waals surface area contributed by atoms with Crippen molar-refractivity contribution in [2.45, 2.75) is 38.4 Å². The monoisotopic (exact) mass is 591 g/mol. The summed E-state index contributed by atoms with van der Waals surface area (Å²) in [6, 6.07) is 15.3. The Morgan fingerprint density at radius 3 is 2.74 bits per heavy atom. The molecule has 9 nitrogen and oxygen atoms in total. The first-order valence-electron chi connectivity index (χ1n) is 12.8. The lowest BCUT2D eigenvalue weighted by atomic mass is 9.97. The molecule has 1 fully saturated rings. The molecule has 0 aliphatic carbocycles. The first-order valence-corrected chi connectivity index (χ1v) is 13.6. The summed E-state index contributed by atoms with van der Waals surface area (Å²) < 4.78 is 13.3. The van der Waals surface area contributed by atoms with E-state index in [1.54, 1.807) is 38.6 Å². The number of halogens is 1. The smallest absolute Gasteiger partial charge is 0.269 e. The number of azo groups is 1. The molecule has 4 aromatic rings. The molecule has 1 aliphatic heterocycles. The summed E-state index contributed by atoms with van der Waals surface area (Å²) in [5.41, 5.74) is 2.96. The fourth-order valence-corrected chi connectivity index (χ4v) is 5.50. The van der Waals surface area contributed by atoms with Crippen LogP contribution >= 0.6 is 15.9 Å². The number of fused-ring (bicyclic) bond motifs is 1. The van der Waals surface area contributed by atoms with Gasteiger partial charge >= 0.3 is 0 Å². The number of piperidine rings is 1. The highest BCUT2D eigenvalue weighted by atomic mass is 79.9. The zero-order chi connectivity index (χ0) is 27.4. The van der Waals surface area contributed by atoms with E-state index in [1.165, 1.54) is 0 Å². The number of hydrogen-bond acceptors (Lipinski definition) is 7. The van der Waals surface area contributed by atoms with E-state index in [1.807, 2.05) is 35.0 Å². The maximum absolute atomic E-state index is 12.7. The Morgan fingerprint density at radius 1 is 1.13 bits per heavy atom. The van der Waals surface area contributed by atoms with E-state index in [4.69, 9.17) is 9.47 Å². The topological polar surface area (TPSA) is 102 Å². The number of benzene rings is 2. The van der Waals surface area contributed by atoms with Gasteiger partial charge in [0.25, 0.3) is 5.91 Å². The summed E-state index contributed by atoms with van der Waals surface area (Å²) in [4.78, 5) is 19.4. The highest BCUT2D eigenvalue weighted by molar-refractivity contribution is 9.10. The lowest BCUT2D eigenvalue weighted by molar-refractivity contribution is -0.117. The Balaban J connectivity index is 1.42. The number of methoxy groups -OCH3 is 2. The van der Waals surface area contributed by atoms with Gasteiger partial charge in [-0.1, -0.05) is 34.5 Å². The molecule has 1 amide bonds. The Kier molecular flexibility index (Phi) is 8.23. The second-order valence-electron chi connectivity index (χ2n) is 9.47. The SMILES string of the molecule is COc1ccc(CC(=O)N=Nc2c(O)n(CN3CCCC[C@H]3c3cccnc3)c3ccc(Br)cc23)cc1OC.